The number of fused-ring (bicyclic) bond motifs is 6. The Bertz CT molecular complexity index is 1940. The third-order valence-electron chi connectivity index (χ3n) is 14.0. The van der Waals surface area contributed by atoms with Crippen molar-refractivity contribution >= 4 is 46.8 Å². The highest BCUT2D eigenvalue weighted by Crippen LogP contribution is 2.65. The number of piperidine rings is 1. The summed E-state index contributed by atoms with van der Waals surface area (Å²) in [4.78, 5) is 76.7. The fraction of sp³-hybridized carbons (Fsp3) is 0.535. The molecule has 4 fully saturated rings. The quantitative estimate of drug-likeness (QED) is 0.171. The van der Waals surface area contributed by atoms with E-state index in [2.05, 4.69) is 41.2 Å². The van der Waals surface area contributed by atoms with Gasteiger partial charge in [-0.25, -0.2) is 0 Å². The molecule has 0 aromatic heterocycles. The number of carbonyl (C=O) groups excluding carboxylic acids is 6. The van der Waals surface area contributed by atoms with Gasteiger partial charge in [0.2, 0.25) is 23.6 Å². The Hall–Kier alpha value is -5.00. The van der Waals surface area contributed by atoms with Gasteiger partial charge < -0.3 is 20.7 Å². The summed E-state index contributed by atoms with van der Waals surface area (Å²) in [5.41, 5.74) is 1.98. The number of anilines is 2. The van der Waals surface area contributed by atoms with Gasteiger partial charge in [-0.3, -0.25) is 39.0 Å². The van der Waals surface area contributed by atoms with E-state index >= 15 is 0 Å². The Morgan fingerprint density at radius 1 is 0.855 bits per heavy atom. The summed E-state index contributed by atoms with van der Waals surface area (Å²) >= 11 is 0. The van der Waals surface area contributed by atoms with Crippen molar-refractivity contribution in [3.8, 4) is 5.75 Å². The first-order valence-electron chi connectivity index (χ1n) is 20.1. The van der Waals surface area contributed by atoms with Crippen molar-refractivity contribution in [2.75, 3.05) is 23.8 Å². The van der Waals surface area contributed by atoms with E-state index in [0.29, 0.717) is 36.6 Å². The Morgan fingerprint density at radius 2 is 1.64 bits per heavy atom. The van der Waals surface area contributed by atoms with E-state index in [1.807, 2.05) is 24.3 Å². The molecular weight excluding hydrogens is 699 g/mol. The van der Waals surface area contributed by atoms with E-state index in [1.54, 1.807) is 24.3 Å². The molecule has 55 heavy (non-hydrogen) atoms. The minimum Gasteiger partial charge on any atom is -0.494 e. The van der Waals surface area contributed by atoms with Gasteiger partial charge in [0.25, 0.3) is 11.8 Å². The number of nitrogens with one attached hydrogen (secondary N) is 4. The molecule has 12 nitrogen and oxygen atoms in total. The van der Waals surface area contributed by atoms with E-state index in [4.69, 9.17) is 4.74 Å². The second-order valence-corrected chi connectivity index (χ2v) is 16.9. The number of imide groups is 2. The first-order chi connectivity index (χ1) is 26.5. The number of ether oxygens (including phenoxy) is 1. The summed E-state index contributed by atoms with van der Waals surface area (Å²) in [5, 5.41) is 12.0. The third kappa shape index (κ3) is 6.71. The Kier molecular flexibility index (Phi) is 9.79. The molecule has 6 aliphatic rings. The highest BCUT2D eigenvalue weighted by atomic mass is 16.5. The van der Waals surface area contributed by atoms with Crippen LogP contribution in [0.25, 0.3) is 0 Å². The van der Waals surface area contributed by atoms with Gasteiger partial charge in [0.15, 0.2) is 0 Å². The van der Waals surface area contributed by atoms with Crippen LogP contribution in [0.4, 0.5) is 11.4 Å². The maximum atomic E-state index is 13.7. The molecule has 8 atom stereocenters. The van der Waals surface area contributed by atoms with E-state index < -0.39 is 29.7 Å². The zero-order valence-electron chi connectivity index (χ0n) is 31.7. The molecule has 290 valence electrons. The molecule has 6 amide bonds. The minimum absolute atomic E-state index is 0.00946. The van der Waals surface area contributed by atoms with E-state index in [9.17, 15) is 28.8 Å². The van der Waals surface area contributed by atoms with Gasteiger partial charge in [-0.2, -0.15) is 0 Å². The smallest absolute Gasteiger partial charge is 0.262 e. The van der Waals surface area contributed by atoms with Crippen molar-refractivity contribution < 1.29 is 33.5 Å². The van der Waals surface area contributed by atoms with Gasteiger partial charge in [0.05, 0.1) is 17.7 Å². The van der Waals surface area contributed by atoms with Gasteiger partial charge in [0.1, 0.15) is 11.8 Å². The summed E-state index contributed by atoms with van der Waals surface area (Å²) in [6.07, 6.45) is 13.0. The van der Waals surface area contributed by atoms with Crippen LogP contribution in [-0.2, 0) is 19.2 Å². The number of benzene rings is 2. The zero-order valence-corrected chi connectivity index (χ0v) is 31.7. The largest absolute Gasteiger partial charge is 0.494 e. The van der Waals surface area contributed by atoms with Crippen molar-refractivity contribution in [3.63, 3.8) is 0 Å². The van der Waals surface area contributed by atoms with Crippen molar-refractivity contribution in [3.05, 3.63) is 65.7 Å². The summed E-state index contributed by atoms with van der Waals surface area (Å²) in [5.74, 6) is 0.461. The number of unbranched alkanes of at least 4 members (excludes halogenated alkanes) is 2. The Labute approximate surface area is 321 Å². The molecule has 3 aliphatic carbocycles. The zero-order chi connectivity index (χ0) is 38.5. The average molecular weight is 750 g/mol. The number of amides is 6. The molecule has 12 heteroatoms. The lowest BCUT2D eigenvalue weighted by Crippen LogP contribution is -2.59. The molecule has 0 spiro atoms. The molecule has 0 bridgehead atoms. The molecule has 2 aromatic carbocycles. The fourth-order valence-electron chi connectivity index (χ4n) is 11.0. The van der Waals surface area contributed by atoms with E-state index in [0.717, 1.165) is 74.1 Å². The van der Waals surface area contributed by atoms with Crippen LogP contribution < -0.4 is 26.0 Å². The lowest BCUT2D eigenvalue weighted by atomic mass is 9.48. The number of hydrogen-bond donors (Lipinski definition) is 4. The molecule has 2 aromatic rings. The number of rotatable bonds is 11. The molecule has 8 rings (SSSR count). The van der Waals surface area contributed by atoms with Crippen LogP contribution in [0.5, 0.6) is 5.75 Å². The maximum absolute atomic E-state index is 13.7. The monoisotopic (exact) mass is 749 g/mol. The molecule has 3 saturated carbocycles. The topological polar surface area (TPSA) is 163 Å². The maximum Gasteiger partial charge on any atom is 0.262 e. The van der Waals surface area contributed by atoms with Crippen LogP contribution >= 0.6 is 0 Å². The number of carbonyl (C=O) groups is 6. The van der Waals surface area contributed by atoms with Gasteiger partial charge >= 0.3 is 0 Å². The van der Waals surface area contributed by atoms with Crippen molar-refractivity contribution in [1.82, 2.24) is 15.5 Å². The van der Waals surface area contributed by atoms with Crippen molar-refractivity contribution in [2.24, 2.45) is 34.5 Å². The van der Waals surface area contributed by atoms with Crippen LogP contribution in [-0.4, -0.2) is 65.6 Å². The predicted octanol–water partition coefficient (Wildman–Crippen LogP) is 5.60. The van der Waals surface area contributed by atoms with Crippen LogP contribution in [0.1, 0.15) is 105 Å². The third-order valence-corrected chi connectivity index (χ3v) is 14.0. The molecule has 3 heterocycles. The van der Waals surface area contributed by atoms with Gasteiger partial charge in [0, 0.05) is 41.7 Å². The summed E-state index contributed by atoms with van der Waals surface area (Å²) in [7, 11) is 0. The van der Waals surface area contributed by atoms with E-state index in [-0.39, 0.29) is 58.6 Å². The standard InChI is InChI=1S/C43H51N5O7/c1-42-20-18-32-29(12-16-35-43(32,2)21-19-37(50)46-35)31(42)13-14-33(42)38(51)45-25-6-9-27(10-7-25)55-23-5-3-4-22-44-26-8-11-28-30(24-26)41(54)48(40(28)53)34-15-17-36(49)47-39(34)52/h6-11,19,21,24,29,31-35,44H,3-5,12-18,20,22-23H2,1-2H3,(H,45,51)(H,46,50)(H,47,49,52)/t29-,31-,32-,33+,34?,35+,42-,43+/m0/s1. The van der Waals surface area contributed by atoms with Crippen molar-refractivity contribution in [2.45, 2.75) is 96.6 Å². The Morgan fingerprint density at radius 3 is 2.44 bits per heavy atom. The Balaban J connectivity index is 0.758. The average Bonchev–Trinajstić information content (AvgIpc) is 3.65. The molecule has 4 N–H and O–H groups in total. The van der Waals surface area contributed by atoms with Crippen molar-refractivity contribution in [1.29, 1.82) is 0 Å². The van der Waals surface area contributed by atoms with Crippen LogP contribution in [0.3, 0.4) is 0 Å². The fourth-order valence-corrected chi connectivity index (χ4v) is 11.0. The van der Waals surface area contributed by atoms with Gasteiger partial charge in [-0.05, 0) is 136 Å². The highest BCUT2D eigenvalue weighted by molar-refractivity contribution is 6.23. The SMILES string of the molecule is C[C@]12C=CC(=O)N[C@@H]1CC[C@@H]1[C@@H]2CC[C@]2(C)[C@@H](C(=O)Nc3ccc(OCCCCCNc4ccc5c(c4)C(=O)N(C4CCC(=O)NC4=O)C5=O)cc3)CC[C@@H]12. The highest BCUT2D eigenvalue weighted by Gasteiger charge is 2.61. The predicted molar refractivity (Wildman–Crippen MR) is 205 cm³/mol. The van der Waals surface area contributed by atoms with Crippen LogP contribution in [0.15, 0.2) is 54.6 Å². The first-order valence-corrected chi connectivity index (χ1v) is 20.1. The normalized spacial score (nSPS) is 32.2. The van der Waals surface area contributed by atoms with Crippen LogP contribution in [0, 0.1) is 34.5 Å². The summed E-state index contributed by atoms with van der Waals surface area (Å²) < 4.78 is 5.98. The lowest BCUT2D eigenvalue weighted by Gasteiger charge is -2.58. The summed E-state index contributed by atoms with van der Waals surface area (Å²) in [6, 6.07) is 11.9. The molecule has 1 unspecified atom stereocenters. The lowest BCUT2D eigenvalue weighted by molar-refractivity contribution is -0.136. The second-order valence-electron chi connectivity index (χ2n) is 16.9. The number of hydrogen-bond acceptors (Lipinski definition) is 8. The molecule has 0 radical (unpaired) electrons. The molecular formula is C43H51N5O7. The van der Waals surface area contributed by atoms with Crippen LogP contribution in [0.2, 0.25) is 0 Å². The number of nitrogens with zero attached hydrogens (tertiary/aromatic N) is 1. The molecule has 1 saturated heterocycles. The second kappa shape index (κ2) is 14.6. The van der Waals surface area contributed by atoms with E-state index in [1.165, 1.54) is 0 Å². The minimum atomic E-state index is -0.982. The first kappa shape index (κ1) is 36.9. The van der Waals surface area contributed by atoms with Gasteiger partial charge in [-0.1, -0.05) is 19.9 Å². The summed E-state index contributed by atoms with van der Waals surface area (Å²) in [6.45, 7) is 5.91. The van der Waals surface area contributed by atoms with Gasteiger partial charge in [-0.15, -0.1) is 0 Å². The molecule has 3 aliphatic heterocycles.